The van der Waals surface area contributed by atoms with Gasteiger partial charge in [-0.25, -0.2) is 9.78 Å². The lowest BCUT2D eigenvalue weighted by atomic mass is 10.1. The molecule has 1 heterocycles. The lowest BCUT2D eigenvalue weighted by Gasteiger charge is -2.16. The maximum atomic E-state index is 12.0. The Morgan fingerprint density at radius 3 is 2.62 bits per heavy atom. The van der Waals surface area contributed by atoms with Gasteiger partial charge in [0.15, 0.2) is 5.13 Å². The molecule has 0 aliphatic carbocycles. The molecule has 2 aromatic rings. The molecule has 1 aromatic heterocycles. The Bertz CT molecular complexity index is 584. The number of hydrogen-bond acceptors (Lipinski definition) is 4. The second-order valence-electron chi connectivity index (χ2n) is 4.97. The number of rotatable bonds is 5. The molecule has 112 valence electrons. The molecule has 0 saturated carbocycles. The Balaban J connectivity index is 1.96. The Hall–Kier alpha value is -1.92. The number of carbonyl (C=O) groups excluding carboxylic acids is 1. The van der Waals surface area contributed by atoms with Crippen LogP contribution in [0.5, 0.6) is 0 Å². The molecule has 0 saturated heterocycles. The van der Waals surface area contributed by atoms with E-state index in [1.165, 1.54) is 11.3 Å². The van der Waals surface area contributed by atoms with E-state index in [-0.39, 0.29) is 12.6 Å². The fraction of sp³-hybridized carbons (Fsp3) is 0.333. The molecule has 5 nitrogen and oxygen atoms in total. The maximum Gasteiger partial charge on any atom is 0.321 e. The molecule has 1 aromatic carbocycles. The highest BCUT2D eigenvalue weighted by Crippen LogP contribution is 2.25. The van der Waals surface area contributed by atoms with Crippen LogP contribution in [0.3, 0.4) is 0 Å². The van der Waals surface area contributed by atoms with Gasteiger partial charge in [0.25, 0.3) is 0 Å². The molecule has 0 aliphatic heterocycles. The monoisotopic (exact) mass is 305 g/mol. The Morgan fingerprint density at radius 2 is 2.05 bits per heavy atom. The number of urea groups is 1. The first-order valence-corrected chi connectivity index (χ1v) is 7.61. The Kier molecular flexibility index (Phi) is 5.30. The van der Waals surface area contributed by atoms with E-state index in [4.69, 9.17) is 0 Å². The SMILES string of the molecule is CC(C)c1cnc(NC(=O)N[C@@H](CO)c2ccccc2)s1. The van der Waals surface area contributed by atoms with Crippen molar-refractivity contribution in [1.29, 1.82) is 0 Å². The number of carbonyl (C=O) groups is 1. The van der Waals surface area contributed by atoms with Crippen LogP contribution in [-0.2, 0) is 0 Å². The summed E-state index contributed by atoms with van der Waals surface area (Å²) in [6, 6.07) is 8.54. The van der Waals surface area contributed by atoms with Crippen LogP contribution in [0.1, 0.15) is 36.2 Å². The summed E-state index contributed by atoms with van der Waals surface area (Å²) < 4.78 is 0. The molecule has 0 spiro atoms. The molecule has 2 amide bonds. The topological polar surface area (TPSA) is 74.2 Å². The first kappa shape index (κ1) is 15.5. The molecule has 0 bridgehead atoms. The third-order valence-electron chi connectivity index (χ3n) is 3.00. The largest absolute Gasteiger partial charge is 0.394 e. The van der Waals surface area contributed by atoms with Crippen molar-refractivity contribution in [2.45, 2.75) is 25.8 Å². The number of aliphatic hydroxyl groups excluding tert-OH is 1. The van der Waals surface area contributed by atoms with Gasteiger partial charge in [0.05, 0.1) is 12.6 Å². The highest BCUT2D eigenvalue weighted by atomic mass is 32.1. The fourth-order valence-electron chi connectivity index (χ4n) is 1.82. The average molecular weight is 305 g/mol. The molecule has 3 N–H and O–H groups in total. The van der Waals surface area contributed by atoms with E-state index >= 15 is 0 Å². The first-order chi connectivity index (χ1) is 10.1. The third kappa shape index (κ3) is 4.27. The Morgan fingerprint density at radius 1 is 1.33 bits per heavy atom. The van der Waals surface area contributed by atoms with Crippen molar-refractivity contribution in [3.8, 4) is 0 Å². The molecule has 0 unspecified atom stereocenters. The number of benzene rings is 1. The van der Waals surface area contributed by atoms with E-state index in [0.29, 0.717) is 11.0 Å². The van der Waals surface area contributed by atoms with E-state index in [0.717, 1.165) is 10.4 Å². The van der Waals surface area contributed by atoms with Crippen LogP contribution in [0.15, 0.2) is 36.5 Å². The van der Waals surface area contributed by atoms with Crippen LogP contribution in [-0.4, -0.2) is 22.7 Å². The molecule has 6 heteroatoms. The maximum absolute atomic E-state index is 12.0. The van der Waals surface area contributed by atoms with E-state index in [1.54, 1.807) is 6.20 Å². The highest BCUT2D eigenvalue weighted by molar-refractivity contribution is 7.15. The number of aromatic nitrogens is 1. The summed E-state index contributed by atoms with van der Waals surface area (Å²) in [6.45, 7) is 4.00. The number of thiazole rings is 1. The predicted octanol–water partition coefficient (Wildman–Crippen LogP) is 3.12. The van der Waals surface area contributed by atoms with Gasteiger partial charge in [-0.15, -0.1) is 11.3 Å². The van der Waals surface area contributed by atoms with Crippen molar-refractivity contribution in [1.82, 2.24) is 10.3 Å². The zero-order valence-corrected chi connectivity index (χ0v) is 12.9. The molecule has 0 radical (unpaired) electrons. The number of aliphatic hydroxyl groups is 1. The van der Waals surface area contributed by atoms with Gasteiger partial charge < -0.3 is 10.4 Å². The summed E-state index contributed by atoms with van der Waals surface area (Å²) in [5.41, 5.74) is 0.858. The van der Waals surface area contributed by atoms with Crippen LogP contribution < -0.4 is 10.6 Å². The molecule has 21 heavy (non-hydrogen) atoms. The van der Waals surface area contributed by atoms with Gasteiger partial charge in [-0.2, -0.15) is 0 Å². The van der Waals surface area contributed by atoms with Crippen molar-refractivity contribution >= 4 is 22.5 Å². The number of anilines is 1. The number of hydrogen-bond donors (Lipinski definition) is 3. The average Bonchev–Trinajstić information content (AvgIpc) is 2.94. The van der Waals surface area contributed by atoms with Gasteiger partial charge in [-0.1, -0.05) is 44.2 Å². The quantitative estimate of drug-likeness (QED) is 0.794. The predicted molar refractivity (Wildman–Crippen MR) is 84.6 cm³/mol. The minimum absolute atomic E-state index is 0.160. The standard InChI is InChI=1S/C15H19N3O2S/c1-10(2)13-8-16-15(21-13)18-14(20)17-12(9-19)11-6-4-3-5-7-11/h3-8,10,12,19H,9H2,1-2H3,(H2,16,17,18,20)/t12-/m0/s1. The lowest BCUT2D eigenvalue weighted by Crippen LogP contribution is -2.34. The van der Waals surface area contributed by atoms with Gasteiger partial charge in [0.1, 0.15) is 0 Å². The summed E-state index contributed by atoms with van der Waals surface area (Å²) in [5.74, 6) is 0.385. The number of amides is 2. The van der Waals surface area contributed by atoms with Crippen LogP contribution in [0, 0.1) is 0 Å². The molecule has 0 aliphatic rings. The molecular weight excluding hydrogens is 286 g/mol. The van der Waals surface area contributed by atoms with E-state index in [9.17, 15) is 9.90 Å². The van der Waals surface area contributed by atoms with E-state index in [1.807, 2.05) is 30.3 Å². The third-order valence-corrected chi connectivity index (χ3v) is 4.22. The summed E-state index contributed by atoms with van der Waals surface area (Å²) in [7, 11) is 0. The van der Waals surface area contributed by atoms with Crippen LogP contribution in [0.2, 0.25) is 0 Å². The van der Waals surface area contributed by atoms with Crippen molar-refractivity contribution < 1.29 is 9.90 Å². The van der Waals surface area contributed by atoms with Crippen molar-refractivity contribution in [3.63, 3.8) is 0 Å². The van der Waals surface area contributed by atoms with Crippen LogP contribution >= 0.6 is 11.3 Å². The van der Waals surface area contributed by atoms with Gasteiger partial charge in [-0.3, -0.25) is 5.32 Å². The zero-order chi connectivity index (χ0) is 15.2. The van der Waals surface area contributed by atoms with Crippen molar-refractivity contribution in [2.75, 3.05) is 11.9 Å². The lowest BCUT2D eigenvalue weighted by molar-refractivity contribution is 0.225. The summed E-state index contributed by atoms with van der Waals surface area (Å²) >= 11 is 1.45. The highest BCUT2D eigenvalue weighted by Gasteiger charge is 2.14. The number of nitrogens with one attached hydrogen (secondary N) is 2. The minimum atomic E-state index is -0.435. The van der Waals surface area contributed by atoms with Crippen LogP contribution in [0.25, 0.3) is 0 Å². The molecule has 2 rings (SSSR count). The molecule has 0 fully saturated rings. The summed E-state index contributed by atoms with van der Waals surface area (Å²) in [5, 5.41) is 15.4. The second-order valence-corrected chi connectivity index (χ2v) is 6.03. The molecule has 1 atom stereocenters. The van der Waals surface area contributed by atoms with Crippen molar-refractivity contribution in [3.05, 3.63) is 47.0 Å². The van der Waals surface area contributed by atoms with E-state index < -0.39 is 6.04 Å². The fourth-order valence-corrected chi connectivity index (χ4v) is 2.64. The van der Waals surface area contributed by atoms with Gasteiger partial charge in [0, 0.05) is 11.1 Å². The normalized spacial score (nSPS) is 12.2. The van der Waals surface area contributed by atoms with Gasteiger partial charge >= 0.3 is 6.03 Å². The van der Waals surface area contributed by atoms with Crippen molar-refractivity contribution in [2.24, 2.45) is 0 Å². The first-order valence-electron chi connectivity index (χ1n) is 6.79. The van der Waals surface area contributed by atoms with Crippen LogP contribution in [0.4, 0.5) is 9.93 Å². The van der Waals surface area contributed by atoms with Gasteiger partial charge in [-0.05, 0) is 11.5 Å². The van der Waals surface area contributed by atoms with E-state index in [2.05, 4.69) is 29.5 Å². The summed E-state index contributed by atoms with van der Waals surface area (Å²) in [4.78, 5) is 17.3. The number of nitrogens with zero attached hydrogens (tertiary/aromatic N) is 1. The van der Waals surface area contributed by atoms with Gasteiger partial charge in [0.2, 0.25) is 0 Å². The Labute approximate surface area is 128 Å². The minimum Gasteiger partial charge on any atom is -0.394 e. The zero-order valence-electron chi connectivity index (χ0n) is 12.0. The second kappa shape index (κ2) is 7.19. The smallest absolute Gasteiger partial charge is 0.321 e. The summed E-state index contributed by atoms with van der Waals surface area (Å²) in [6.07, 6.45) is 1.77. The molecular formula is C15H19N3O2S.